The Labute approximate surface area is 87.1 Å². The molecule has 80 valence electrons. The van der Waals surface area contributed by atoms with Gasteiger partial charge in [0, 0.05) is 12.8 Å². The summed E-state index contributed by atoms with van der Waals surface area (Å²) in [5.41, 5.74) is 0. The van der Waals surface area contributed by atoms with Crippen molar-refractivity contribution in [2.75, 3.05) is 6.26 Å². The average Bonchev–Trinajstić information content (AvgIpc) is 2.01. The van der Waals surface area contributed by atoms with Gasteiger partial charge < -0.3 is 5.11 Å². The Balaban J connectivity index is 3.82. The smallest absolute Gasteiger partial charge is 0.196 e. The quantitative estimate of drug-likeness (QED) is 0.660. The molecule has 0 aromatic heterocycles. The molecular weight excluding hydrogens is 204 g/mol. The number of carbonyl (C=O) groups excluding carboxylic acids is 3. The Hall–Kier alpha value is -0.680. The maximum absolute atomic E-state index is 11.1. The second kappa shape index (κ2) is 6.73. The normalized spacial score (nSPS) is 12.2. The fourth-order valence-electron chi connectivity index (χ4n) is 0.972. The van der Waals surface area contributed by atoms with Crippen molar-refractivity contribution in [1.82, 2.24) is 0 Å². The number of hydrogen-bond acceptors (Lipinski definition) is 5. The van der Waals surface area contributed by atoms with Gasteiger partial charge in [-0.1, -0.05) is 11.8 Å². The zero-order chi connectivity index (χ0) is 11.1. The van der Waals surface area contributed by atoms with Crippen molar-refractivity contribution in [3.63, 3.8) is 0 Å². The highest BCUT2D eigenvalue weighted by Crippen LogP contribution is 2.06. The van der Waals surface area contributed by atoms with Crippen molar-refractivity contribution >= 4 is 28.4 Å². The third-order valence-corrected chi connectivity index (χ3v) is 2.16. The third kappa shape index (κ3) is 6.80. The number of rotatable bonds is 6. The van der Waals surface area contributed by atoms with Gasteiger partial charge in [0.15, 0.2) is 5.12 Å². The van der Waals surface area contributed by atoms with Gasteiger partial charge >= 0.3 is 0 Å². The number of Topliss-reactive ketones (excluding diaryl/α,β-unsaturated/α-hetero) is 2. The summed E-state index contributed by atoms with van der Waals surface area (Å²) in [5.74, 6) is -0.486. The molecule has 0 aromatic rings. The first-order valence-electron chi connectivity index (χ1n) is 4.21. The second-order valence-electron chi connectivity index (χ2n) is 3.06. The fraction of sp³-hybridized carbons (Fsp3) is 0.667. The lowest BCUT2D eigenvalue weighted by atomic mass is 10.1. The van der Waals surface area contributed by atoms with Gasteiger partial charge in [0.25, 0.3) is 0 Å². The van der Waals surface area contributed by atoms with Gasteiger partial charge in [-0.3, -0.25) is 14.4 Å². The number of carbonyl (C=O) groups is 3. The Morgan fingerprint density at radius 3 is 2.29 bits per heavy atom. The minimum absolute atomic E-state index is 0.0286. The van der Waals surface area contributed by atoms with Gasteiger partial charge in [0.2, 0.25) is 0 Å². The highest BCUT2D eigenvalue weighted by Gasteiger charge is 2.15. The molecule has 0 saturated heterocycles. The highest BCUT2D eigenvalue weighted by atomic mass is 32.2. The van der Waals surface area contributed by atoms with Crippen LogP contribution in [0, 0.1) is 0 Å². The lowest BCUT2D eigenvalue weighted by molar-refractivity contribution is -0.125. The molecule has 0 rings (SSSR count). The third-order valence-electron chi connectivity index (χ3n) is 1.56. The van der Waals surface area contributed by atoms with E-state index in [1.807, 2.05) is 0 Å². The van der Waals surface area contributed by atoms with Crippen molar-refractivity contribution in [2.24, 2.45) is 0 Å². The SMILES string of the molecule is CSC(=O)CC(=O)CC(O)CC(C)=O. The van der Waals surface area contributed by atoms with Crippen LogP contribution in [0.3, 0.4) is 0 Å². The van der Waals surface area contributed by atoms with Crippen molar-refractivity contribution < 1.29 is 19.5 Å². The van der Waals surface area contributed by atoms with Crippen LogP contribution in [0.5, 0.6) is 0 Å². The van der Waals surface area contributed by atoms with Crippen LogP contribution in [0.25, 0.3) is 0 Å². The molecule has 0 aliphatic rings. The van der Waals surface area contributed by atoms with Gasteiger partial charge in [-0.2, -0.15) is 0 Å². The van der Waals surface area contributed by atoms with Crippen molar-refractivity contribution in [2.45, 2.75) is 32.3 Å². The average molecular weight is 218 g/mol. The van der Waals surface area contributed by atoms with E-state index < -0.39 is 6.10 Å². The summed E-state index contributed by atoms with van der Waals surface area (Å²) in [7, 11) is 0. The fourth-order valence-corrected chi connectivity index (χ4v) is 1.28. The molecule has 5 heteroatoms. The molecular formula is C9H14O4S. The maximum Gasteiger partial charge on any atom is 0.196 e. The Kier molecular flexibility index (Phi) is 6.40. The maximum atomic E-state index is 11.1. The minimum Gasteiger partial charge on any atom is -0.392 e. The molecule has 0 amide bonds. The Morgan fingerprint density at radius 2 is 1.86 bits per heavy atom. The topological polar surface area (TPSA) is 71.4 Å². The van der Waals surface area contributed by atoms with E-state index in [4.69, 9.17) is 0 Å². The molecule has 0 fully saturated rings. The van der Waals surface area contributed by atoms with Crippen LogP contribution in [0.4, 0.5) is 0 Å². The number of ketones is 2. The summed E-state index contributed by atoms with van der Waals surface area (Å²) in [4.78, 5) is 32.5. The van der Waals surface area contributed by atoms with Crippen LogP contribution in [0.1, 0.15) is 26.2 Å². The van der Waals surface area contributed by atoms with E-state index in [0.29, 0.717) is 0 Å². The standard InChI is InChI=1S/C9H14O4S/c1-6(10)3-7(11)4-8(12)5-9(13)14-2/h7,11H,3-5H2,1-2H3. The van der Waals surface area contributed by atoms with Gasteiger partial charge in [0.05, 0.1) is 12.5 Å². The van der Waals surface area contributed by atoms with E-state index in [-0.39, 0.29) is 35.9 Å². The van der Waals surface area contributed by atoms with Gasteiger partial charge in [-0.05, 0) is 13.2 Å². The van der Waals surface area contributed by atoms with Crippen molar-refractivity contribution in [3.8, 4) is 0 Å². The number of thioether (sulfide) groups is 1. The Bertz CT molecular complexity index is 237. The van der Waals surface area contributed by atoms with Gasteiger partial charge in [0.1, 0.15) is 11.6 Å². The lowest BCUT2D eigenvalue weighted by Crippen LogP contribution is -2.17. The minimum atomic E-state index is -0.949. The molecule has 0 heterocycles. The molecule has 0 radical (unpaired) electrons. The molecule has 0 aromatic carbocycles. The molecule has 0 spiro atoms. The highest BCUT2D eigenvalue weighted by molar-refractivity contribution is 8.13. The van der Waals surface area contributed by atoms with E-state index in [0.717, 1.165) is 11.8 Å². The van der Waals surface area contributed by atoms with Gasteiger partial charge in [-0.15, -0.1) is 0 Å². The van der Waals surface area contributed by atoms with E-state index in [1.54, 1.807) is 6.26 Å². The molecule has 1 atom stereocenters. The summed E-state index contributed by atoms with van der Waals surface area (Å²) in [6.07, 6.45) is 0.331. The van der Waals surface area contributed by atoms with Crippen LogP contribution < -0.4 is 0 Å². The second-order valence-corrected chi connectivity index (χ2v) is 3.92. The molecule has 0 bridgehead atoms. The van der Waals surface area contributed by atoms with E-state index >= 15 is 0 Å². The predicted molar refractivity (Wildman–Crippen MR) is 54.1 cm³/mol. The van der Waals surface area contributed by atoms with Crippen LogP contribution in [-0.2, 0) is 14.4 Å². The van der Waals surface area contributed by atoms with Crippen LogP contribution in [0.2, 0.25) is 0 Å². The largest absolute Gasteiger partial charge is 0.392 e. The number of aliphatic hydroxyl groups is 1. The first-order valence-corrected chi connectivity index (χ1v) is 5.44. The van der Waals surface area contributed by atoms with Gasteiger partial charge in [-0.25, -0.2) is 0 Å². The van der Waals surface area contributed by atoms with E-state index in [1.165, 1.54) is 6.92 Å². The van der Waals surface area contributed by atoms with Crippen LogP contribution >= 0.6 is 11.8 Å². The molecule has 0 aliphatic carbocycles. The first kappa shape index (κ1) is 13.3. The molecule has 0 saturated carbocycles. The number of aliphatic hydroxyl groups excluding tert-OH is 1. The van der Waals surface area contributed by atoms with Crippen LogP contribution in [-0.4, -0.2) is 34.1 Å². The molecule has 1 N–H and O–H groups in total. The molecule has 4 nitrogen and oxygen atoms in total. The monoisotopic (exact) mass is 218 g/mol. The zero-order valence-electron chi connectivity index (χ0n) is 8.28. The predicted octanol–water partition coefficient (Wildman–Crippen LogP) is 0.565. The summed E-state index contributed by atoms with van der Waals surface area (Å²) in [6, 6.07) is 0. The summed E-state index contributed by atoms with van der Waals surface area (Å²) < 4.78 is 0. The molecule has 0 aliphatic heterocycles. The van der Waals surface area contributed by atoms with E-state index in [2.05, 4.69) is 0 Å². The number of hydrogen-bond donors (Lipinski definition) is 1. The molecule has 1 unspecified atom stereocenters. The van der Waals surface area contributed by atoms with Crippen molar-refractivity contribution in [1.29, 1.82) is 0 Å². The summed E-state index contributed by atoms with van der Waals surface area (Å²) >= 11 is 0.986. The summed E-state index contributed by atoms with van der Waals surface area (Å²) in [5, 5.41) is 9.00. The zero-order valence-corrected chi connectivity index (χ0v) is 9.10. The summed E-state index contributed by atoms with van der Waals surface area (Å²) in [6.45, 7) is 1.35. The molecule has 14 heavy (non-hydrogen) atoms. The van der Waals surface area contributed by atoms with Crippen molar-refractivity contribution in [3.05, 3.63) is 0 Å². The van der Waals surface area contributed by atoms with Crippen LogP contribution in [0.15, 0.2) is 0 Å². The van der Waals surface area contributed by atoms with E-state index in [9.17, 15) is 19.5 Å². The first-order chi connectivity index (χ1) is 6.45. The lowest BCUT2D eigenvalue weighted by Gasteiger charge is -2.06. The Morgan fingerprint density at radius 1 is 1.29 bits per heavy atom.